The van der Waals surface area contributed by atoms with E-state index in [0.717, 1.165) is 19.0 Å². The Morgan fingerprint density at radius 3 is 2.55 bits per heavy atom. The molecule has 0 spiro atoms. The lowest BCUT2D eigenvalue weighted by atomic mass is 9.96. The third-order valence-electron chi connectivity index (χ3n) is 4.34. The van der Waals surface area contributed by atoms with Crippen LogP contribution in [0.3, 0.4) is 0 Å². The average molecular weight is 283 g/mol. The lowest BCUT2D eigenvalue weighted by Crippen LogP contribution is -2.46. The zero-order chi connectivity index (χ0) is 14.4. The smallest absolute Gasteiger partial charge is 0.323 e. The van der Waals surface area contributed by atoms with Crippen molar-refractivity contribution < 1.29 is 14.7 Å². The molecule has 114 valence electrons. The van der Waals surface area contributed by atoms with Gasteiger partial charge in [-0.05, 0) is 38.1 Å². The van der Waals surface area contributed by atoms with Crippen LogP contribution < -0.4 is 10.6 Å². The fourth-order valence-electron chi connectivity index (χ4n) is 3.32. The molecule has 3 N–H and O–H groups in total. The second-order valence-electron chi connectivity index (χ2n) is 5.90. The van der Waals surface area contributed by atoms with Crippen molar-refractivity contribution in [3.8, 4) is 0 Å². The van der Waals surface area contributed by atoms with Crippen molar-refractivity contribution in [2.75, 3.05) is 26.2 Å². The number of carbonyl (C=O) groups excluding carboxylic acids is 1. The number of hydrogen-bond donors (Lipinski definition) is 3. The topological polar surface area (TPSA) is 81.7 Å². The molecule has 0 radical (unpaired) electrons. The molecule has 2 aliphatic rings. The van der Waals surface area contributed by atoms with Gasteiger partial charge < -0.3 is 20.6 Å². The Morgan fingerprint density at radius 2 is 1.85 bits per heavy atom. The number of carbonyl (C=O) groups is 2. The minimum Gasteiger partial charge on any atom is -0.480 e. The van der Waals surface area contributed by atoms with Gasteiger partial charge in [-0.2, -0.15) is 0 Å². The third-order valence-corrected chi connectivity index (χ3v) is 4.34. The highest BCUT2D eigenvalue weighted by molar-refractivity contribution is 5.79. The minimum absolute atomic E-state index is 0.329. The zero-order valence-electron chi connectivity index (χ0n) is 11.9. The Morgan fingerprint density at radius 1 is 1.10 bits per heavy atom. The lowest BCUT2D eigenvalue weighted by Gasteiger charge is -2.36. The van der Waals surface area contributed by atoms with Crippen LogP contribution in [0.5, 0.6) is 0 Å². The van der Waals surface area contributed by atoms with E-state index >= 15 is 0 Å². The van der Waals surface area contributed by atoms with E-state index in [-0.39, 0.29) is 12.6 Å². The van der Waals surface area contributed by atoms with Gasteiger partial charge in [0.25, 0.3) is 0 Å². The Bertz CT molecular complexity index is 343. The number of nitrogens with one attached hydrogen (secondary N) is 2. The van der Waals surface area contributed by atoms with E-state index in [4.69, 9.17) is 5.11 Å². The fourth-order valence-corrected chi connectivity index (χ4v) is 3.32. The number of rotatable bonds is 5. The summed E-state index contributed by atoms with van der Waals surface area (Å²) in [6.07, 6.45) is 7.67. The zero-order valence-corrected chi connectivity index (χ0v) is 11.9. The van der Waals surface area contributed by atoms with Gasteiger partial charge in [-0.25, -0.2) is 4.79 Å². The molecule has 2 rings (SSSR count). The fraction of sp³-hybridized carbons (Fsp3) is 0.857. The molecule has 20 heavy (non-hydrogen) atoms. The second-order valence-corrected chi connectivity index (χ2v) is 5.90. The molecule has 2 fully saturated rings. The number of hydrogen-bond acceptors (Lipinski definition) is 3. The Kier molecular flexibility index (Phi) is 5.64. The standard InChI is InChI=1S/C14H25N3O3/c18-13(19)9-16-14(20)15-8-11-4-3-7-17(10-11)12-5-1-2-6-12/h11-12H,1-10H2,(H,18,19)(H2,15,16,20). The molecule has 1 saturated heterocycles. The number of urea groups is 1. The largest absolute Gasteiger partial charge is 0.480 e. The van der Waals surface area contributed by atoms with Crippen molar-refractivity contribution in [2.45, 2.75) is 44.6 Å². The van der Waals surface area contributed by atoms with Crippen LogP contribution in [-0.2, 0) is 4.79 Å². The monoisotopic (exact) mass is 283 g/mol. The number of aliphatic carboxylic acids is 1. The first-order valence-electron chi connectivity index (χ1n) is 7.62. The Labute approximate surface area is 119 Å². The third kappa shape index (κ3) is 4.67. The molecule has 1 unspecified atom stereocenters. The molecule has 1 aliphatic carbocycles. The van der Waals surface area contributed by atoms with Crippen LogP contribution in [0.4, 0.5) is 4.79 Å². The molecule has 1 saturated carbocycles. The minimum atomic E-state index is -1.02. The Hall–Kier alpha value is -1.30. The summed E-state index contributed by atoms with van der Waals surface area (Å²) in [5.74, 6) is -0.537. The van der Waals surface area contributed by atoms with Crippen LogP contribution in [0.1, 0.15) is 38.5 Å². The summed E-state index contributed by atoms with van der Waals surface area (Å²) in [5, 5.41) is 13.6. The SMILES string of the molecule is O=C(O)CNC(=O)NCC1CCCN(C2CCCC2)C1. The number of carboxylic acids is 1. The van der Waals surface area contributed by atoms with Crippen molar-refractivity contribution in [1.29, 1.82) is 0 Å². The lowest BCUT2D eigenvalue weighted by molar-refractivity contribution is -0.135. The summed E-state index contributed by atoms with van der Waals surface area (Å²) >= 11 is 0. The van der Waals surface area contributed by atoms with Crippen molar-refractivity contribution in [3.63, 3.8) is 0 Å². The summed E-state index contributed by atoms with van der Waals surface area (Å²) in [6.45, 7) is 2.55. The normalized spacial score (nSPS) is 24.5. The van der Waals surface area contributed by atoms with Crippen LogP contribution in [0.2, 0.25) is 0 Å². The summed E-state index contributed by atoms with van der Waals surface area (Å²) in [7, 11) is 0. The predicted molar refractivity (Wildman–Crippen MR) is 75.6 cm³/mol. The number of carboxylic acid groups (broad SMARTS) is 1. The highest BCUT2D eigenvalue weighted by Crippen LogP contribution is 2.27. The first-order chi connectivity index (χ1) is 9.65. The van der Waals surface area contributed by atoms with Crippen molar-refractivity contribution in [2.24, 2.45) is 5.92 Å². The summed E-state index contributed by atoms with van der Waals surface area (Å²) < 4.78 is 0. The van der Waals surface area contributed by atoms with E-state index in [9.17, 15) is 9.59 Å². The molecule has 0 aromatic rings. The molecule has 1 aliphatic heterocycles. The molecule has 1 atom stereocenters. The molecular formula is C14H25N3O3. The summed E-state index contributed by atoms with van der Waals surface area (Å²) in [4.78, 5) is 24.4. The summed E-state index contributed by atoms with van der Waals surface area (Å²) in [6, 6.07) is 0.365. The Balaban J connectivity index is 1.67. The van der Waals surface area contributed by atoms with Crippen molar-refractivity contribution in [3.05, 3.63) is 0 Å². The van der Waals surface area contributed by atoms with Gasteiger partial charge in [-0.15, -0.1) is 0 Å². The van der Waals surface area contributed by atoms with Crippen LogP contribution >= 0.6 is 0 Å². The van der Waals surface area contributed by atoms with Gasteiger partial charge in [0, 0.05) is 19.1 Å². The second kappa shape index (κ2) is 7.47. The van der Waals surface area contributed by atoms with Gasteiger partial charge in [-0.1, -0.05) is 12.8 Å². The molecule has 6 heteroatoms. The van der Waals surface area contributed by atoms with Gasteiger partial charge in [0.1, 0.15) is 6.54 Å². The maximum atomic E-state index is 11.4. The molecule has 0 aromatic carbocycles. The van der Waals surface area contributed by atoms with Crippen LogP contribution in [-0.4, -0.2) is 54.2 Å². The van der Waals surface area contributed by atoms with E-state index < -0.39 is 5.97 Å². The van der Waals surface area contributed by atoms with Crippen LogP contribution in [0.15, 0.2) is 0 Å². The maximum absolute atomic E-state index is 11.4. The van der Waals surface area contributed by atoms with E-state index in [1.807, 2.05) is 0 Å². The van der Waals surface area contributed by atoms with Gasteiger partial charge in [0.05, 0.1) is 0 Å². The quantitative estimate of drug-likeness (QED) is 0.704. The van der Waals surface area contributed by atoms with E-state index in [2.05, 4.69) is 15.5 Å². The average Bonchev–Trinajstić information content (AvgIpc) is 2.97. The van der Waals surface area contributed by atoms with Gasteiger partial charge in [0.2, 0.25) is 0 Å². The van der Waals surface area contributed by atoms with Gasteiger partial charge in [0.15, 0.2) is 0 Å². The highest BCUT2D eigenvalue weighted by atomic mass is 16.4. The van der Waals surface area contributed by atoms with Crippen LogP contribution in [0, 0.1) is 5.92 Å². The highest BCUT2D eigenvalue weighted by Gasteiger charge is 2.27. The first-order valence-corrected chi connectivity index (χ1v) is 7.62. The van der Waals surface area contributed by atoms with E-state index in [1.54, 1.807) is 0 Å². The van der Waals surface area contributed by atoms with E-state index in [0.29, 0.717) is 12.5 Å². The van der Waals surface area contributed by atoms with Crippen LogP contribution in [0.25, 0.3) is 0 Å². The number of likely N-dealkylation sites (tertiary alicyclic amines) is 1. The molecule has 0 aromatic heterocycles. The molecule has 6 nitrogen and oxygen atoms in total. The number of piperidine rings is 1. The summed E-state index contributed by atoms with van der Waals surface area (Å²) in [5.41, 5.74) is 0. The molecule has 2 amide bonds. The predicted octanol–water partition coefficient (Wildman–Crippen LogP) is 1.02. The van der Waals surface area contributed by atoms with E-state index in [1.165, 1.54) is 38.6 Å². The maximum Gasteiger partial charge on any atom is 0.323 e. The van der Waals surface area contributed by atoms with Gasteiger partial charge in [-0.3, -0.25) is 4.79 Å². The number of nitrogens with zero attached hydrogens (tertiary/aromatic N) is 1. The molecule has 1 heterocycles. The van der Waals surface area contributed by atoms with Crippen molar-refractivity contribution >= 4 is 12.0 Å². The molecular weight excluding hydrogens is 258 g/mol. The number of amides is 2. The van der Waals surface area contributed by atoms with Crippen molar-refractivity contribution in [1.82, 2.24) is 15.5 Å². The van der Waals surface area contributed by atoms with Gasteiger partial charge >= 0.3 is 12.0 Å². The molecule has 0 bridgehead atoms. The first kappa shape index (κ1) is 15.1.